The predicted molar refractivity (Wildman–Crippen MR) is 185 cm³/mol. The molecule has 0 spiro atoms. The van der Waals surface area contributed by atoms with E-state index in [2.05, 4.69) is 20.9 Å². The molecule has 0 aliphatic rings. The highest BCUT2D eigenvalue weighted by molar-refractivity contribution is 8.00. The Hall–Kier alpha value is -5.13. The van der Waals surface area contributed by atoms with Crippen molar-refractivity contribution in [1.82, 2.24) is 10.3 Å². The first kappa shape index (κ1) is 32.3. The average molecular weight is 653 g/mol. The van der Waals surface area contributed by atoms with Crippen molar-refractivity contribution in [2.24, 2.45) is 0 Å². The summed E-state index contributed by atoms with van der Waals surface area (Å²) in [6.45, 7) is 4.12. The van der Waals surface area contributed by atoms with Gasteiger partial charge >= 0.3 is 0 Å². The number of nitrogens with zero attached hydrogens (tertiary/aromatic N) is 1. The maximum absolute atomic E-state index is 13.6. The van der Waals surface area contributed by atoms with Crippen LogP contribution in [0.1, 0.15) is 29.8 Å². The lowest BCUT2D eigenvalue weighted by molar-refractivity contribution is -0.115. The molecule has 1 atom stereocenters. The predicted octanol–water partition coefficient (Wildman–Crippen LogP) is 7.23. The van der Waals surface area contributed by atoms with Crippen LogP contribution in [0.4, 0.5) is 10.8 Å². The first-order valence-corrected chi connectivity index (χ1v) is 16.2. The van der Waals surface area contributed by atoms with E-state index >= 15 is 0 Å². The lowest BCUT2D eigenvalue weighted by Gasteiger charge is -2.14. The molecule has 0 saturated carbocycles. The molecule has 9 nitrogen and oxygen atoms in total. The van der Waals surface area contributed by atoms with E-state index in [4.69, 9.17) is 9.47 Å². The van der Waals surface area contributed by atoms with Crippen molar-refractivity contribution in [3.05, 3.63) is 114 Å². The normalized spacial score (nSPS) is 11.8. The number of carbonyl (C=O) groups is 3. The molecule has 0 fully saturated rings. The number of benzene rings is 4. The molecule has 11 heteroatoms. The Morgan fingerprint density at radius 1 is 0.935 bits per heavy atom. The summed E-state index contributed by atoms with van der Waals surface area (Å²) in [6.07, 6.45) is 1.59. The number of ether oxygens (including phenoxy) is 2. The number of para-hydroxylation sites is 1. The quantitative estimate of drug-likeness (QED) is 0.0961. The standard InChI is InChI=1S/C35H32N4O5S2/c1-4-44-30-16-9-8-13-24(30)19-29(37-33(41)23-11-6-5-7-12-23)34(42)36-25-14-10-15-27(20-25)45-22(2)32(40)39-35-38-28-18-17-26(43-3)21-31(28)46-35/h5-22H,4H2,1-3H3,(H,36,42)(H,37,41)(H,38,39,40)/b29-19+. The second-order valence-corrected chi connectivity index (χ2v) is 12.4. The van der Waals surface area contributed by atoms with Gasteiger partial charge < -0.3 is 25.4 Å². The van der Waals surface area contributed by atoms with Crippen LogP contribution in [-0.2, 0) is 9.59 Å². The summed E-state index contributed by atoms with van der Waals surface area (Å²) in [4.78, 5) is 44.9. The fourth-order valence-electron chi connectivity index (χ4n) is 4.38. The minimum atomic E-state index is -0.518. The van der Waals surface area contributed by atoms with Crippen molar-refractivity contribution >= 4 is 67.9 Å². The van der Waals surface area contributed by atoms with Crippen LogP contribution in [0.3, 0.4) is 0 Å². The van der Waals surface area contributed by atoms with Crippen molar-refractivity contribution in [3.63, 3.8) is 0 Å². The van der Waals surface area contributed by atoms with Crippen LogP contribution in [0.25, 0.3) is 16.3 Å². The minimum Gasteiger partial charge on any atom is -0.497 e. The number of nitrogens with one attached hydrogen (secondary N) is 3. The highest BCUT2D eigenvalue weighted by Crippen LogP contribution is 2.31. The molecular weight excluding hydrogens is 621 g/mol. The van der Waals surface area contributed by atoms with Crippen LogP contribution < -0.4 is 25.4 Å². The van der Waals surface area contributed by atoms with Gasteiger partial charge in [0.05, 0.1) is 29.2 Å². The van der Waals surface area contributed by atoms with Crippen molar-refractivity contribution in [3.8, 4) is 11.5 Å². The SMILES string of the molecule is CCOc1ccccc1/C=C(/NC(=O)c1ccccc1)C(=O)Nc1cccc(SC(C)C(=O)Nc2nc3ccc(OC)cc3s2)c1. The summed E-state index contributed by atoms with van der Waals surface area (Å²) in [6, 6.07) is 28.7. The van der Waals surface area contributed by atoms with Gasteiger partial charge in [-0.2, -0.15) is 0 Å². The molecule has 3 amide bonds. The molecule has 4 aromatic carbocycles. The monoisotopic (exact) mass is 652 g/mol. The number of anilines is 2. The minimum absolute atomic E-state index is 0.0419. The maximum Gasteiger partial charge on any atom is 0.272 e. The van der Waals surface area contributed by atoms with Crippen LogP contribution in [-0.4, -0.2) is 41.7 Å². The molecule has 1 heterocycles. The topological polar surface area (TPSA) is 119 Å². The smallest absolute Gasteiger partial charge is 0.272 e. The Labute approximate surface area is 275 Å². The van der Waals surface area contributed by atoms with Crippen LogP contribution in [0.2, 0.25) is 0 Å². The first-order valence-electron chi connectivity index (χ1n) is 14.5. The largest absolute Gasteiger partial charge is 0.497 e. The Morgan fingerprint density at radius 2 is 1.72 bits per heavy atom. The summed E-state index contributed by atoms with van der Waals surface area (Å²) >= 11 is 2.72. The molecule has 1 unspecified atom stereocenters. The molecular formula is C35H32N4O5S2. The molecule has 234 valence electrons. The molecule has 0 aliphatic carbocycles. The number of amides is 3. The summed E-state index contributed by atoms with van der Waals surface area (Å²) in [7, 11) is 1.60. The van der Waals surface area contributed by atoms with Gasteiger partial charge in [-0.1, -0.05) is 53.8 Å². The van der Waals surface area contributed by atoms with E-state index in [9.17, 15) is 14.4 Å². The molecule has 3 N–H and O–H groups in total. The number of hydrogen-bond donors (Lipinski definition) is 3. The second-order valence-electron chi connectivity index (χ2n) is 9.93. The third-order valence-corrected chi connectivity index (χ3v) is 8.67. The van der Waals surface area contributed by atoms with Gasteiger partial charge in [-0.25, -0.2) is 4.98 Å². The number of methoxy groups -OCH3 is 1. The zero-order valence-electron chi connectivity index (χ0n) is 25.4. The van der Waals surface area contributed by atoms with E-state index in [0.717, 1.165) is 20.9 Å². The summed E-state index contributed by atoms with van der Waals surface area (Å²) in [5, 5.41) is 8.59. The lowest BCUT2D eigenvalue weighted by atomic mass is 10.1. The second kappa shape index (κ2) is 15.2. The van der Waals surface area contributed by atoms with E-state index in [1.165, 1.54) is 23.1 Å². The molecule has 46 heavy (non-hydrogen) atoms. The lowest BCUT2D eigenvalue weighted by Crippen LogP contribution is -2.30. The first-order chi connectivity index (χ1) is 22.3. The highest BCUT2D eigenvalue weighted by Gasteiger charge is 2.19. The van der Waals surface area contributed by atoms with E-state index in [1.54, 1.807) is 68.6 Å². The molecule has 5 rings (SSSR count). The Kier molecular flexibility index (Phi) is 10.7. The fourth-order valence-corrected chi connectivity index (χ4v) is 6.20. The third kappa shape index (κ3) is 8.32. The molecule has 5 aromatic rings. The Bertz CT molecular complexity index is 1890. The highest BCUT2D eigenvalue weighted by atomic mass is 32.2. The van der Waals surface area contributed by atoms with Crippen LogP contribution in [0, 0.1) is 0 Å². The molecule has 1 aromatic heterocycles. The Balaban J connectivity index is 1.30. The Morgan fingerprint density at radius 3 is 2.50 bits per heavy atom. The number of aromatic nitrogens is 1. The van der Waals surface area contributed by atoms with Gasteiger partial charge in [0, 0.05) is 21.7 Å². The molecule has 0 saturated heterocycles. The van der Waals surface area contributed by atoms with Gasteiger partial charge in [0.2, 0.25) is 5.91 Å². The molecule has 0 radical (unpaired) electrons. The number of fused-ring (bicyclic) bond motifs is 1. The zero-order chi connectivity index (χ0) is 32.5. The van der Waals surface area contributed by atoms with Crippen LogP contribution >= 0.6 is 23.1 Å². The van der Waals surface area contributed by atoms with E-state index < -0.39 is 17.1 Å². The van der Waals surface area contributed by atoms with Crippen molar-refractivity contribution in [1.29, 1.82) is 0 Å². The van der Waals surface area contributed by atoms with Gasteiger partial charge in [-0.05, 0) is 74.5 Å². The van der Waals surface area contributed by atoms with Gasteiger partial charge in [-0.15, -0.1) is 11.8 Å². The molecule has 0 bridgehead atoms. The van der Waals surface area contributed by atoms with Gasteiger partial charge in [0.1, 0.15) is 17.2 Å². The summed E-state index contributed by atoms with van der Waals surface area (Å²) < 4.78 is 11.9. The number of hydrogen-bond acceptors (Lipinski definition) is 8. The molecule has 0 aliphatic heterocycles. The maximum atomic E-state index is 13.6. The van der Waals surface area contributed by atoms with Crippen molar-refractivity contribution in [2.45, 2.75) is 24.0 Å². The number of rotatable bonds is 12. The van der Waals surface area contributed by atoms with E-state index in [0.29, 0.717) is 34.3 Å². The van der Waals surface area contributed by atoms with Crippen LogP contribution in [0.5, 0.6) is 11.5 Å². The van der Waals surface area contributed by atoms with Gasteiger partial charge in [-0.3, -0.25) is 14.4 Å². The van der Waals surface area contributed by atoms with Crippen LogP contribution in [0.15, 0.2) is 108 Å². The van der Waals surface area contributed by atoms with Crippen molar-refractivity contribution in [2.75, 3.05) is 24.4 Å². The number of thioether (sulfide) groups is 1. The number of carbonyl (C=O) groups excluding carboxylic acids is 3. The zero-order valence-corrected chi connectivity index (χ0v) is 27.0. The van der Waals surface area contributed by atoms with Gasteiger partial charge in [0.25, 0.3) is 11.8 Å². The van der Waals surface area contributed by atoms with Crippen molar-refractivity contribution < 1.29 is 23.9 Å². The third-order valence-electron chi connectivity index (χ3n) is 6.65. The fraction of sp³-hybridized carbons (Fsp3) is 0.143. The average Bonchev–Trinajstić information content (AvgIpc) is 3.47. The summed E-state index contributed by atoms with van der Waals surface area (Å²) in [5.74, 6) is 0.164. The van der Waals surface area contributed by atoms with E-state index in [1.807, 2.05) is 55.5 Å². The van der Waals surface area contributed by atoms with E-state index in [-0.39, 0.29) is 11.6 Å². The summed E-state index contributed by atoms with van der Waals surface area (Å²) in [5.41, 5.74) is 2.37. The number of thiazole rings is 1. The van der Waals surface area contributed by atoms with Gasteiger partial charge in [0.15, 0.2) is 5.13 Å².